The zero-order chi connectivity index (χ0) is 13.8. The van der Waals surface area contributed by atoms with Gasteiger partial charge in [-0.25, -0.2) is 0 Å². The van der Waals surface area contributed by atoms with Gasteiger partial charge in [-0.15, -0.1) is 0 Å². The summed E-state index contributed by atoms with van der Waals surface area (Å²) in [6, 6.07) is 9.42. The van der Waals surface area contributed by atoms with Gasteiger partial charge < -0.3 is 4.90 Å². The van der Waals surface area contributed by atoms with Gasteiger partial charge in [0.05, 0.1) is 18.1 Å². The van der Waals surface area contributed by atoms with Crippen LogP contribution in [-0.4, -0.2) is 23.9 Å². The molecule has 2 rings (SSSR count). The summed E-state index contributed by atoms with van der Waals surface area (Å²) in [5.41, 5.74) is 1.55. The molecule has 1 saturated heterocycles. The van der Waals surface area contributed by atoms with Crippen molar-refractivity contribution in [3.05, 3.63) is 35.4 Å². The van der Waals surface area contributed by atoms with E-state index in [2.05, 4.69) is 19.9 Å². The fourth-order valence-electron chi connectivity index (χ4n) is 2.60. The van der Waals surface area contributed by atoms with Gasteiger partial charge in [-0.1, -0.05) is 26.0 Å². The molecule has 1 aromatic carbocycles. The normalized spacial score (nSPS) is 18.6. The highest BCUT2D eigenvalue weighted by Crippen LogP contribution is 2.24. The molecule has 1 atom stereocenters. The van der Waals surface area contributed by atoms with E-state index in [0.717, 1.165) is 25.1 Å². The maximum atomic E-state index is 12.2. The summed E-state index contributed by atoms with van der Waals surface area (Å²) in [4.78, 5) is 14.2. The highest BCUT2D eigenvalue weighted by molar-refractivity contribution is 5.79. The van der Waals surface area contributed by atoms with Gasteiger partial charge in [-0.2, -0.15) is 5.26 Å². The van der Waals surface area contributed by atoms with Crippen LogP contribution in [0.1, 0.15) is 31.4 Å². The SMILES string of the molecule is CC(C)[C@@H]1CCN(C(=O)Cc2cccc(C#N)c2)C1. The second kappa shape index (κ2) is 5.88. The van der Waals surface area contributed by atoms with Crippen LogP contribution < -0.4 is 0 Å². The third kappa shape index (κ3) is 3.35. The Labute approximate surface area is 114 Å². The van der Waals surface area contributed by atoms with Gasteiger partial charge in [0.2, 0.25) is 5.91 Å². The Bertz CT molecular complexity index is 502. The molecule has 1 fully saturated rings. The van der Waals surface area contributed by atoms with E-state index < -0.39 is 0 Å². The van der Waals surface area contributed by atoms with Crippen molar-refractivity contribution in [1.82, 2.24) is 4.90 Å². The van der Waals surface area contributed by atoms with Crippen LogP contribution in [0.2, 0.25) is 0 Å². The lowest BCUT2D eigenvalue weighted by molar-refractivity contribution is -0.129. The predicted octanol–water partition coefficient (Wildman–Crippen LogP) is 2.61. The number of rotatable bonds is 3. The lowest BCUT2D eigenvalue weighted by Crippen LogP contribution is -2.30. The van der Waals surface area contributed by atoms with Gasteiger partial charge in [0.15, 0.2) is 0 Å². The Kier molecular flexibility index (Phi) is 4.21. The maximum absolute atomic E-state index is 12.2. The van der Waals surface area contributed by atoms with Crippen LogP contribution in [0.3, 0.4) is 0 Å². The first kappa shape index (κ1) is 13.6. The van der Waals surface area contributed by atoms with E-state index in [1.165, 1.54) is 0 Å². The van der Waals surface area contributed by atoms with Crippen LogP contribution in [0.4, 0.5) is 0 Å². The zero-order valence-electron chi connectivity index (χ0n) is 11.6. The van der Waals surface area contributed by atoms with Gasteiger partial charge >= 0.3 is 0 Å². The van der Waals surface area contributed by atoms with Crippen molar-refractivity contribution in [3.63, 3.8) is 0 Å². The third-order valence-corrected chi connectivity index (χ3v) is 3.93. The van der Waals surface area contributed by atoms with Gasteiger partial charge in [0, 0.05) is 13.1 Å². The monoisotopic (exact) mass is 256 g/mol. The standard InChI is InChI=1S/C16H20N2O/c1-12(2)15-6-7-18(11-15)16(19)9-13-4-3-5-14(8-13)10-17/h3-5,8,12,15H,6-7,9,11H2,1-2H3/t15-/m1/s1. The molecule has 0 aromatic heterocycles. The number of carbonyl (C=O) groups excluding carboxylic acids is 1. The lowest BCUT2D eigenvalue weighted by Gasteiger charge is -2.18. The van der Waals surface area contributed by atoms with E-state index in [1.54, 1.807) is 12.1 Å². The number of benzene rings is 1. The minimum Gasteiger partial charge on any atom is -0.342 e. The number of nitriles is 1. The number of nitrogens with zero attached hydrogens (tertiary/aromatic N) is 2. The predicted molar refractivity (Wildman–Crippen MR) is 74.4 cm³/mol. The summed E-state index contributed by atoms with van der Waals surface area (Å²) < 4.78 is 0. The number of hydrogen-bond donors (Lipinski definition) is 0. The molecule has 100 valence electrons. The molecule has 1 heterocycles. The topological polar surface area (TPSA) is 44.1 Å². The minimum absolute atomic E-state index is 0.179. The highest BCUT2D eigenvalue weighted by Gasteiger charge is 2.27. The molecule has 0 unspecified atom stereocenters. The Morgan fingerprint density at radius 1 is 1.53 bits per heavy atom. The van der Waals surface area contributed by atoms with Crippen molar-refractivity contribution in [2.24, 2.45) is 11.8 Å². The molecule has 1 aliphatic rings. The van der Waals surface area contributed by atoms with Crippen molar-refractivity contribution >= 4 is 5.91 Å². The smallest absolute Gasteiger partial charge is 0.226 e. The van der Waals surface area contributed by atoms with Crippen LogP contribution in [0.5, 0.6) is 0 Å². The zero-order valence-corrected chi connectivity index (χ0v) is 11.6. The molecule has 0 N–H and O–H groups in total. The van der Waals surface area contributed by atoms with Crippen LogP contribution in [0.25, 0.3) is 0 Å². The summed E-state index contributed by atoms with van der Waals surface area (Å²) in [6.45, 7) is 6.19. The first-order valence-corrected chi connectivity index (χ1v) is 6.87. The Balaban J connectivity index is 1.96. The average molecular weight is 256 g/mol. The number of hydrogen-bond acceptors (Lipinski definition) is 2. The summed E-state index contributed by atoms with van der Waals surface area (Å²) >= 11 is 0. The number of likely N-dealkylation sites (tertiary alicyclic amines) is 1. The summed E-state index contributed by atoms with van der Waals surface area (Å²) in [5, 5.41) is 8.86. The molecule has 1 aromatic rings. The number of amides is 1. The second-order valence-electron chi connectivity index (χ2n) is 5.62. The fraction of sp³-hybridized carbons (Fsp3) is 0.500. The molecule has 19 heavy (non-hydrogen) atoms. The molecule has 0 spiro atoms. The van der Waals surface area contributed by atoms with Crippen molar-refractivity contribution < 1.29 is 4.79 Å². The largest absolute Gasteiger partial charge is 0.342 e. The summed E-state index contributed by atoms with van der Waals surface area (Å²) in [5.74, 6) is 1.45. The van der Waals surface area contributed by atoms with Crippen LogP contribution >= 0.6 is 0 Å². The van der Waals surface area contributed by atoms with Crippen LogP contribution in [-0.2, 0) is 11.2 Å². The summed E-state index contributed by atoms with van der Waals surface area (Å²) in [7, 11) is 0. The van der Waals surface area contributed by atoms with E-state index in [9.17, 15) is 4.79 Å². The first-order chi connectivity index (χ1) is 9.10. The molecule has 0 saturated carbocycles. The van der Waals surface area contributed by atoms with Crippen molar-refractivity contribution in [2.75, 3.05) is 13.1 Å². The van der Waals surface area contributed by atoms with E-state index in [1.807, 2.05) is 17.0 Å². The van der Waals surface area contributed by atoms with E-state index in [-0.39, 0.29) is 5.91 Å². The molecule has 3 nitrogen and oxygen atoms in total. The maximum Gasteiger partial charge on any atom is 0.226 e. The Morgan fingerprint density at radius 2 is 2.32 bits per heavy atom. The molecule has 3 heteroatoms. The molecule has 0 aliphatic carbocycles. The van der Waals surface area contributed by atoms with Crippen LogP contribution in [0.15, 0.2) is 24.3 Å². The van der Waals surface area contributed by atoms with Crippen LogP contribution in [0, 0.1) is 23.2 Å². The van der Waals surface area contributed by atoms with E-state index >= 15 is 0 Å². The molecule has 1 amide bonds. The number of carbonyl (C=O) groups is 1. The van der Waals surface area contributed by atoms with Crippen molar-refractivity contribution in [3.8, 4) is 6.07 Å². The average Bonchev–Trinajstić information content (AvgIpc) is 2.89. The molecule has 1 aliphatic heterocycles. The Morgan fingerprint density at radius 3 is 2.95 bits per heavy atom. The van der Waals surface area contributed by atoms with Crippen molar-refractivity contribution in [1.29, 1.82) is 5.26 Å². The lowest BCUT2D eigenvalue weighted by atomic mass is 9.95. The molecule has 0 bridgehead atoms. The third-order valence-electron chi connectivity index (χ3n) is 3.93. The molecular formula is C16H20N2O. The highest BCUT2D eigenvalue weighted by atomic mass is 16.2. The summed E-state index contributed by atoms with van der Waals surface area (Å²) in [6.07, 6.45) is 1.52. The molecule has 0 radical (unpaired) electrons. The molecular weight excluding hydrogens is 236 g/mol. The van der Waals surface area contributed by atoms with Gasteiger partial charge in [-0.3, -0.25) is 4.79 Å². The Hall–Kier alpha value is -1.82. The van der Waals surface area contributed by atoms with Gasteiger partial charge in [0.25, 0.3) is 0 Å². The van der Waals surface area contributed by atoms with E-state index in [4.69, 9.17) is 5.26 Å². The first-order valence-electron chi connectivity index (χ1n) is 6.87. The van der Waals surface area contributed by atoms with Gasteiger partial charge in [0.1, 0.15) is 0 Å². The minimum atomic E-state index is 0.179. The van der Waals surface area contributed by atoms with E-state index in [0.29, 0.717) is 23.8 Å². The van der Waals surface area contributed by atoms with Crippen molar-refractivity contribution in [2.45, 2.75) is 26.7 Å². The second-order valence-corrected chi connectivity index (χ2v) is 5.62. The fourth-order valence-corrected chi connectivity index (χ4v) is 2.60. The van der Waals surface area contributed by atoms with Gasteiger partial charge in [-0.05, 0) is 36.0 Å². The quantitative estimate of drug-likeness (QED) is 0.834.